The molecule has 0 atom stereocenters. The smallest absolute Gasteiger partial charge is 0.203 e. The van der Waals surface area contributed by atoms with Gasteiger partial charge in [0.15, 0.2) is 0 Å². The maximum absolute atomic E-state index is 5.62. The van der Waals surface area contributed by atoms with E-state index in [1.807, 2.05) is 0 Å². The van der Waals surface area contributed by atoms with Crippen LogP contribution in [0.25, 0.3) is 0 Å². The molecule has 2 heterocycles. The van der Waals surface area contributed by atoms with Gasteiger partial charge in [-0.2, -0.15) is 0 Å². The number of fused-ring (bicyclic) bond motifs is 1. The van der Waals surface area contributed by atoms with E-state index in [0.717, 1.165) is 18.1 Å². The lowest BCUT2D eigenvalue weighted by molar-refractivity contribution is 0.686. The van der Waals surface area contributed by atoms with Gasteiger partial charge < -0.3 is 10.6 Å². The van der Waals surface area contributed by atoms with Crippen LogP contribution in [0.15, 0.2) is 18.2 Å². The van der Waals surface area contributed by atoms with E-state index in [2.05, 4.69) is 40.2 Å². The second-order valence-electron chi connectivity index (χ2n) is 4.69. The quantitative estimate of drug-likeness (QED) is 0.900. The third-order valence-corrected chi connectivity index (χ3v) is 4.00. The molecule has 2 aromatic rings. The van der Waals surface area contributed by atoms with Crippen LogP contribution in [0.2, 0.25) is 0 Å². The van der Waals surface area contributed by atoms with E-state index in [1.54, 1.807) is 0 Å². The van der Waals surface area contributed by atoms with E-state index < -0.39 is 0 Å². The maximum Gasteiger partial charge on any atom is 0.203 e. The molecule has 2 N–H and O–H groups in total. The van der Waals surface area contributed by atoms with Gasteiger partial charge in [0.2, 0.25) is 5.13 Å². The van der Waals surface area contributed by atoms with Gasteiger partial charge in [0, 0.05) is 12.2 Å². The fraction of sp³-hybridized carbons (Fsp3) is 0.385. The predicted octanol–water partition coefficient (Wildman–Crippen LogP) is 2.38. The van der Waals surface area contributed by atoms with Gasteiger partial charge in [-0.15, -0.1) is 10.2 Å². The molecule has 5 heteroatoms. The van der Waals surface area contributed by atoms with Crippen LogP contribution in [0.3, 0.4) is 0 Å². The van der Waals surface area contributed by atoms with Crippen LogP contribution < -0.4 is 10.6 Å². The molecule has 0 saturated heterocycles. The van der Waals surface area contributed by atoms with Crippen molar-refractivity contribution in [3.63, 3.8) is 0 Å². The fourth-order valence-corrected chi connectivity index (χ4v) is 3.09. The van der Waals surface area contributed by atoms with Crippen LogP contribution in [-0.2, 0) is 13.0 Å². The first-order valence-corrected chi connectivity index (χ1v) is 6.96. The highest BCUT2D eigenvalue weighted by atomic mass is 32.1. The number of anilines is 2. The Morgan fingerprint density at radius 1 is 1.39 bits per heavy atom. The molecule has 1 aromatic heterocycles. The Labute approximate surface area is 110 Å². The normalized spacial score (nSPS) is 14.6. The minimum absolute atomic E-state index is 0.547. The van der Waals surface area contributed by atoms with Gasteiger partial charge in [-0.3, -0.25) is 0 Å². The number of rotatable bonds is 2. The summed E-state index contributed by atoms with van der Waals surface area (Å²) in [6.07, 6.45) is 2.37. The van der Waals surface area contributed by atoms with Crippen LogP contribution >= 0.6 is 11.3 Å². The molecule has 1 aromatic carbocycles. The van der Waals surface area contributed by atoms with Crippen LogP contribution in [-0.4, -0.2) is 16.7 Å². The molecule has 0 spiro atoms. The third-order valence-electron chi connectivity index (χ3n) is 3.26. The van der Waals surface area contributed by atoms with E-state index in [4.69, 9.17) is 5.73 Å². The Balaban J connectivity index is 1.87. The maximum atomic E-state index is 5.62. The van der Waals surface area contributed by atoms with Crippen molar-refractivity contribution in [3.05, 3.63) is 34.3 Å². The van der Waals surface area contributed by atoms with E-state index in [9.17, 15) is 0 Å². The Kier molecular flexibility index (Phi) is 2.91. The average molecular weight is 260 g/mol. The number of nitrogens with zero attached hydrogens (tertiary/aromatic N) is 3. The van der Waals surface area contributed by atoms with Crippen molar-refractivity contribution in [1.82, 2.24) is 10.2 Å². The lowest BCUT2D eigenvalue weighted by Crippen LogP contribution is -2.28. The first kappa shape index (κ1) is 11.5. The molecular weight excluding hydrogens is 244 g/mol. The zero-order valence-electron chi connectivity index (χ0n) is 10.4. The number of nitrogens with two attached hydrogens (primary N) is 1. The second-order valence-corrected chi connectivity index (χ2v) is 5.78. The van der Waals surface area contributed by atoms with E-state index >= 15 is 0 Å². The Morgan fingerprint density at radius 2 is 2.28 bits per heavy atom. The molecule has 0 saturated carbocycles. The van der Waals surface area contributed by atoms with Crippen molar-refractivity contribution in [2.24, 2.45) is 0 Å². The van der Waals surface area contributed by atoms with Crippen molar-refractivity contribution in [2.75, 3.05) is 17.2 Å². The summed E-state index contributed by atoms with van der Waals surface area (Å²) in [5, 5.41) is 9.51. The summed E-state index contributed by atoms with van der Waals surface area (Å²) in [4.78, 5) is 2.37. The Hall–Kier alpha value is -1.62. The van der Waals surface area contributed by atoms with Gasteiger partial charge in [0.25, 0.3) is 0 Å². The number of benzene rings is 1. The van der Waals surface area contributed by atoms with E-state index in [-0.39, 0.29) is 0 Å². The fourth-order valence-electron chi connectivity index (χ4n) is 2.46. The molecule has 94 valence electrons. The van der Waals surface area contributed by atoms with Crippen molar-refractivity contribution in [3.8, 4) is 0 Å². The lowest BCUT2D eigenvalue weighted by Gasteiger charge is -2.30. The highest BCUT2D eigenvalue weighted by Crippen LogP contribution is 2.29. The number of aromatic nitrogens is 2. The highest BCUT2D eigenvalue weighted by molar-refractivity contribution is 7.15. The van der Waals surface area contributed by atoms with Crippen LogP contribution in [0, 0.1) is 6.92 Å². The van der Waals surface area contributed by atoms with Crippen molar-refractivity contribution < 1.29 is 0 Å². The molecule has 3 rings (SSSR count). The molecule has 0 aliphatic carbocycles. The van der Waals surface area contributed by atoms with Crippen molar-refractivity contribution >= 4 is 22.2 Å². The molecule has 0 amide bonds. The number of nitrogen functional groups attached to an aromatic ring is 1. The molecule has 18 heavy (non-hydrogen) atoms. The van der Waals surface area contributed by atoms with Gasteiger partial charge in [-0.05, 0) is 31.4 Å². The zero-order chi connectivity index (χ0) is 12.5. The second kappa shape index (κ2) is 4.57. The molecule has 0 unspecified atom stereocenters. The van der Waals surface area contributed by atoms with Crippen molar-refractivity contribution in [2.45, 2.75) is 26.3 Å². The molecule has 0 bridgehead atoms. The standard InChI is InChI=1S/C13H16N4S/c1-9-4-5-11-10(7-9)3-2-6-17(11)8-12-15-16-13(14)18-12/h4-5,7H,2-3,6,8H2,1H3,(H2,14,16). The summed E-state index contributed by atoms with van der Waals surface area (Å²) in [7, 11) is 0. The van der Waals surface area contributed by atoms with Crippen LogP contribution in [0.5, 0.6) is 0 Å². The molecule has 0 fully saturated rings. The van der Waals surface area contributed by atoms with Gasteiger partial charge in [0.05, 0.1) is 6.54 Å². The van der Waals surface area contributed by atoms with Crippen LogP contribution in [0.1, 0.15) is 22.6 Å². The first-order valence-electron chi connectivity index (χ1n) is 6.15. The molecule has 1 aliphatic rings. The van der Waals surface area contributed by atoms with Gasteiger partial charge in [-0.1, -0.05) is 29.0 Å². The van der Waals surface area contributed by atoms with Crippen LogP contribution in [0.4, 0.5) is 10.8 Å². The summed E-state index contributed by atoms with van der Waals surface area (Å²) in [5.41, 5.74) is 9.73. The SMILES string of the molecule is Cc1ccc2c(c1)CCCN2Cc1nnc(N)s1. The molecule has 1 aliphatic heterocycles. The third kappa shape index (κ3) is 2.18. The lowest BCUT2D eigenvalue weighted by atomic mass is 10.00. The molecule has 4 nitrogen and oxygen atoms in total. The average Bonchev–Trinajstić information content (AvgIpc) is 2.75. The number of aryl methyl sites for hydroxylation is 2. The monoisotopic (exact) mass is 260 g/mol. The minimum atomic E-state index is 0.547. The summed E-state index contributed by atoms with van der Waals surface area (Å²) >= 11 is 1.47. The Morgan fingerprint density at radius 3 is 3.06 bits per heavy atom. The largest absolute Gasteiger partial charge is 0.374 e. The van der Waals surface area contributed by atoms with E-state index in [0.29, 0.717) is 5.13 Å². The van der Waals surface area contributed by atoms with Gasteiger partial charge in [-0.25, -0.2) is 0 Å². The summed E-state index contributed by atoms with van der Waals surface area (Å²) in [6.45, 7) is 4.03. The number of hydrogen-bond donors (Lipinski definition) is 1. The van der Waals surface area contributed by atoms with Gasteiger partial charge >= 0.3 is 0 Å². The molecule has 0 radical (unpaired) electrons. The van der Waals surface area contributed by atoms with Gasteiger partial charge in [0.1, 0.15) is 5.01 Å². The summed E-state index contributed by atoms with van der Waals surface area (Å²) in [5.74, 6) is 0. The zero-order valence-corrected chi connectivity index (χ0v) is 11.2. The molecular formula is C13H16N4S. The van der Waals surface area contributed by atoms with Crippen molar-refractivity contribution in [1.29, 1.82) is 0 Å². The summed E-state index contributed by atoms with van der Waals surface area (Å²) < 4.78 is 0. The topological polar surface area (TPSA) is 55.0 Å². The first-order chi connectivity index (χ1) is 8.72. The number of hydrogen-bond acceptors (Lipinski definition) is 5. The minimum Gasteiger partial charge on any atom is -0.374 e. The van der Waals surface area contributed by atoms with E-state index in [1.165, 1.54) is 41.0 Å². The Bertz CT molecular complexity index is 564. The summed E-state index contributed by atoms with van der Waals surface area (Å²) in [6, 6.07) is 6.68. The highest BCUT2D eigenvalue weighted by Gasteiger charge is 2.18. The predicted molar refractivity (Wildman–Crippen MR) is 74.9 cm³/mol.